The van der Waals surface area contributed by atoms with E-state index in [1.165, 1.54) is 0 Å². The first-order chi connectivity index (χ1) is 9.61. The van der Waals surface area contributed by atoms with Gasteiger partial charge in [0.2, 0.25) is 0 Å². The molecule has 1 aromatic carbocycles. The van der Waals surface area contributed by atoms with Gasteiger partial charge in [-0.2, -0.15) is 0 Å². The van der Waals surface area contributed by atoms with Crippen molar-refractivity contribution in [3.63, 3.8) is 0 Å². The minimum absolute atomic E-state index is 0.223. The lowest BCUT2D eigenvalue weighted by atomic mass is 9.90. The zero-order chi connectivity index (χ0) is 14.4. The van der Waals surface area contributed by atoms with E-state index in [-0.39, 0.29) is 5.41 Å². The van der Waals surface area contributed by atoms with Gasteiger partial charge in [-0.3, -0.25) is 4.98 Å². The van der Waals surface area contributed by atoms with Gasteiger partial charge in [0.05, 0.1) is 22.9 Å². The molecule has 0 bridgehead atoms. The monoisotopic (exact) mass is 273 g/mol. The lowest BCUT2D eigenvalue weighted by Crippen LogP contribution is -2.30. The lowest BCUT2D eigenvalue weighted by molar-refractivity contribution is 0.150. The molecule has 4 heteroatoms. The van der Waals surface area contributed by atoms with Crippen LogP contribution in [-0.2, 0) is 11.3 Å². The Labute approximate surface area is 120 Å². The molecule has 0 saturated heterocycles. The van der Waals surface area contributed by atoms with Crippen molar-refractivity contribution in [2.75, 3.05) is 20.3 Å². The van der Waals surface area contributed by atoms with Crippen LogP contribution in [0.3, 0.4) is 0 Å². The Morgan fingerprint density at radius 3 is 2.70 bits per heavy atom. The Balaban J connectivity index is 1.89. The first-order valence-electron chi connectivity index (χ1n) is 7.01. The number of fused-ring (bicyclic) bond motifs is 1. The van der Waals surface area contributed by atoms with E-state index in [0.717, 1.165) is 42.8 Å². The van der Waals surface area contributed by atoms with E-state index in [0.29, 0.717) is 0 Å². The molecule has 4 nitrogen and oxygen atoms in total. The minimum atomic E-state index is 0.223. The summed E-state index contributed by atoms with van der Waals surface area (Å²) in [6.45, 7) is 6.96. The third kappa shape index (κ3) is 4.25. The van der Waals surface area contributed by atoms with Gasteiger partial charge in [0.1, 0.15) is 0 Å². The zero-order valence-corrected chi connectivity index (χ0v) is 12.5. The highest BCUT2D eigenvalue weighted by Crippen LogP contribution is 2.18. The van der Waals surface area contributed by atoms with Gasteiger partial charge in [-0.1, -0.05) is 26.0 Å². The van der Waals surface area contributed by atoms with Crippen molar-refractivity contribution in [1.82, 2.24) is 15.3 Å². The van der Waals surface area contributed by atoms with Crippen LogP contribution < -0.4 is 5.32 Å². The molecule has 0 unspecified atom stereocenters. The fraction of sp³-hybridized carbons (Fsp3) is 0.500. The molecule has 0 fully saturated rings. The van der Waals surface area contributed by atoms with E-state index >= 15 is 0 Å². The van der Waals surface area contributed by atoms with Crippen LogP contribution in [0.15, 0.2) is 30.5 Å². The van der Waals surface area contributed by atoms with Gasteiger partial charge in [-0.15, -0.1) is 0 Å². The summed E-state index contributed by atoms with van der Waals surface area (Å²) in [5.41, 5.74) is 3.09. The third-order valence-corrected chi connectivity index (χ3v) is 3.39. The fourth-order valence-corrected chi connectivity index (χ4v) is 2.08. The lowest BCUT2D eigenvalue weighted by Gasteiger charge is -2.24. The number of nitrogens with zero attached hydrogens (tertiary/aromatic N) is 2. The first-order valence-corrected chi connectivity index (χ1v) is 7.01. The summed E-state index contributed by atoms with van der Waals surface area (Å²) in [4.78, 5) is 9.03. The average Bonchev–Trinajstić information content (AvgIpc) is 2.45. The summed E-state index contributed by atoms with van der Waals surface area (Å²) in [6.07, 6.45) is 2.89. The molecule has 0 saturated carbocycles. The quantitative estimate of drug-likeness (QED) is 0.842. The summed E-state index contributed by atoms with van der Waals surface area (Å²) >= 11 is 0. The minimum Gasteiger partial charge on any atom is -0.385 e. The SMILES string of the molecule is COCCC(C)(C)CNCc1cnc2ccccc2n1. The molecule has 108 valence electrons. The van der Waals surface area contributed by atoms with E-state index in [4.69, 9.17) is 4.74 Å². The molecule has 0 atom stereocenters. The Bertz CT molecular complexity index is 554. The van der Waals surface area contributed by atoms with E-state index in [2.05, 4.69) is 29.1 Å². The molecule has 20 heavy (non-hydrogen) atoms. The van der Waals surface area contributed by atoms with Crippen LogP contribution in [0.25, 0.3) is 11.0 Å². The number of nitrogens with one attached hydrogen (secondary N) is 1. The average molecular weight is 273 g/mol. The fourth-order valence-electron chi connectivity index (χ4n) is 2.08. The van der Waals surface area contributed by atoms with Gasteiger partial charge in [-0.05, 0) is 24.0 Å². The molecule has 0 amide bonds. The topological polar surface area (TPSA) is 47.0 Å². The highest BCUT2D eigenvalue weighted by atomic mass is 16.5. The van der Waals surface area contributed by atoms with Crippen LogP contribution in [0, 0.1) is 5.41 Å². The van der Waals surface area contributed by atoms with Crippen LogP contribution in [0.5, 0.6) is 0 Å². The molecule has 0 aliphatic carbocycles. The number of hydrogen-bond donors (Lipinski definition) is 1. The molecule has 0 spiro atoms. The Morgan fingerprint density at radius 2 is 1.95 bits per heavy atom. The molecule has 0 aliphatic rings. The smallest absolute Gasteiger partial charge is 0.0890 e. The van der Waals surface area contributed by atoms with E-state index < -0.39 is 0 Å². The second kappa shape index (κ2) is 6.77. The second-order valence-corrected chi connectivity index (χ2v) is 5.86. The number of methoxy groups -OCH3 is 1. The predicted molar refractivity (Wildman–Crippen MR) is 81.5 cm³/mol. The second-order valence-electron chi connectivity index (χ2n) is 5.86. The van der Waals surface area contributed by atoms with Crippen molar-refractivity contribution in [3.05, 3.63) is 36.2 Å². The Morgan fingerprint density at radius 1 is 1.20 bits per heavy atom. The molecule has 1 aromatic heterocycles. The Hall–Kier alpha value is -1.52. The molecule has 2 aromatic rings. The summed E-state index contributed by atoms with van der Waals surface area (Å²) < 4.78 is 5.14. The number of rotatable bonds is 7. The van der Waals surface area contributed by atoms with Crippen molar-refractivity contribution >= 4 is 11.0 Å². The van der Waals surface area contributed by atoms with Gasteiger partial charge >= 0.3 is 0 Å². The third-order valence-electron chi connectivity index (χ3n) is 3.39. The molecular weight excluding hydrogens is 250 g/mol. The van der Waals surface area contributed by atoms with Crippen molar-refractivity contribution in [2.45, 2.75) is 26.8 Å². The van der Waals surface area contributed by atoms with Crippen molar-refractivity contribution in [1.29, 1.82) is 0 Å². The largest absolute Gasteiger partial charge is 0.385 e. The van der Waals surface area contributed by atoms with Gasteiger partial charge in [-0.25, -0.2) is 4.98 Å². The van der Waals surface area contributed by atoms with Gasteiger partial charge < -0.3 is 10.1 Å². The molecule has 0 aliphatic heterocycles. The standard InChI is InChI=1S/C16H23N3O/c1-16(2,8-9-20-3)12-17-10-13-11-18-14-6-4-5-7-15(14)19-13/h4-7,11,17H,8-10,12H2,1-3H3. The number of benzene rings is 1. The maximum Gasteiger partial charge on any atom is 0.0890 e. The highest BCUT2D eigenvalue weighted by molar-refractivity contribution is 5.73. The number of para-hydroxylation sites is 2. The number of hydrogen-bond acceptors (Lipinski definition) is 4. The molecule has 0 radical (unpaired) electrons. The maximum absolute atomic E-state index is 5.14. The van der Waals surface area contributed by atoms with Crippen molar-refractivity contribution < 1.29 is 4.74 Å². The zero-order valence-electron chi connectivity index (χ0n) is 12.5. The van der Waals surface area contributed by atoms with E-state index in [1.807, 2.05) is 30.5 Å². The predicted octanol–water partition coefficient (Wildman–Crippen LogP) is 2.78. The van der Waals surface area contributed by atoms with Crippen LogP contribution in [-0.4, -0.2) is 30.2 Å². The molecule has 1 heterocycles. The van der Waals surface area contributed by atoms with E-state index in [1.54, 1.807) is 7.11 Å². The van der Waals surface area contributed by atoms with Crippen molar-refractivity contribution in [2.24, 2.45) is 5.41 Å². The van der Waals surface area contributed by atoms with Gasteiger partial charge in [0.25, 0.3) is 0 Å². The van der Waals surface area contributed by atoms with Gasteiger partial charge in [0, 0.05) is 26.8 Å². The van der Waals surface area contributed by atoms with Crippen LogP contribution in [0.1, 0.15) is 26.0 Å². The molecule has 2 rings (SSSR count). The van der Waals surface area contributed by atoms with Crippen LogP contribution >= 0.6 is 0 Å². The Kier molecular flexibility index (Phi) is 5.04. The van der Waals surface area contributed by atoms with Crippen LogP contribution in [0.2, 0.25) is 0 Å². The van der Waals surface area contributed by atoms with Crippen LogP contribution in [0.4, 0.5) is 0 Å². The van der Waals surface area contributed by atoms with Gasteiger partial charge in [0.15, 0.2) is 0 Å². The summed E-state index contributed by atoms with van der Waals surface area (Å²) in [7, 11) is 1.74. The number of ether oxygens (including phenoxy) is 1. The summed E-state index contributed by atoms with van der Waals surface area (Å²) in [5.74, 6) is 0. The highest BCUT2D eigenvalue weighted by Gasteiger charge is 2.16. The molecule has 1 N–H and O–H groups in total. The van der Waals surface area contributed by atoms with Crippen molar-refractivity contribution in [3.8, 4) is 0 Å². The summed E-state index contributed by atoms with van der Waals surface area (Å²) in [6, 6.07) is 7.94. The first kappa shape index (κ1) is 14.9. The summed E-state index contributed by atoms with van der Waals surface area (Å²) in [5, 5.41) is 3.46. The number of aromatic nitrogens is 2. The maximum atomic E-state index is 5.14. The normalized spacial score (nSPS) is 11.9. The molecular formula is C16H23N3O. The van der Waals surface area contributed by atoms with E-state index in [9.17, 15) is 0 Å².